The van der Waals surface area contributed by atoms with Crippen molar-refractivity contribution >= 4 is 5.97 Å². The van der Waals surface area contributed by atoms with Gasteiger partial charge in [-0.3, -0.25) is 4.79 Å². The van der Waals surface area contributed by atoms with Crippen molar-refractivity contribution in [1.82, 2.24) is 4.90 Å². The van der Waals surface area contributed by atoms with Gasteiger partial charge in [0.2, 0.25) is 0 Å². The van der Waals surface area contributed by atoms with Gasteiger partial charge in [-0.05, 0) is 50.6 Å². The summed E-state index contributed by atoms with van der Waals surface area (Å²) in [4.78, 5) is 11.8. The summed E-state index contributed by atoms with van der Waals surface area (Å²) in [6.45, 7) is 6.17. The van der Waals surface area contributed by atoms with Crippen molar-refractivity contribution in [3.05, 3.63) is 29.8 Å². The van der Waals surface area contributed by atoms with Crippen LogP contribution in [0.3, 0.4) is 0 Å². The number of phenols is 1. The zero-order valence-corrected chi connectivity index (χ0v) is 14.0. The molecular weight excluding hydrogens is 278 g/mol. The second kappa shape index (κ2) is 8.79. The van der Waals surface area contributed by atoms with Crippen LogP contribution in [0.1, 0.15) is 51.5 Å². The van der Waals surface area contributed by atoms with Crippen molar-refractivity contribution in [2.24, 2.45) is 0 Å². The minimum atomic E-state index is -0.745. The number of hydrogen-bond donors (Lipinski definition) is 2. The molecule has 4 heteroatoms. The van der Waals surface area contributed by atoms with Crippen molar-refractivity contribution in [1.29, 1.82) is 0 Å². The van der Waals surface area contributed by atoms with Gasteiger partial charge in [0, 0.05) is 18.4 Å². The van der Waals surface area contributed by atoms with Crippen LogP contribution in [0.5, 0.6) is 5.75 Å². The SMILES string of the molecule is CCC(=O)O.CCC1(c2cccc(O)c2)CCCCN(C)C1. The van der Waals surface area contributed by atoms with Crippen LogP contribution in [0.2, 0.25) is 0 Å². The highest BCUT2D eigenvalue weighted by Crippen LogP contribution is 2.37. The lowest BCUT2D eigenvalue weighted by Crippen LogP contribution is -2.37. The van der Waals surface area contributed by atoms with Crippen molar-refractivity contribution in [2.45, 2.75) is 51.4 Å². The summed E-state index contributed by atoms with van der Waals surface area (Å²) in [7, 11) is 2.21. The second-order valence-corrected chi connectivity index (χ2v) is 6.13. The Hall–Kier alpha value is -1.55. The Balaban J connectivity index is 0.000000422. The maximum Gasteiger partial charge on any atom is 0.303 e. The van der Waals surface area contributed by atoms with Gasteiger partial charge in [-0.25, -0.2) is 0 Å². The van der Waals surface area contributed by atoms with Crippen LogP contribution < -0.4 is 0 Å². The second-order valence-electron chi connectivity index (χ2n) is 6.13. The Morgan fingerprint density at radius 3 is 2.55 bits per heavy atom. The topological polar surface area (TPSA) is 60.8 Å². The van der Waals surface area contributed by atoms with Crippen LogP contribution in [-0.4, -0.2) is 41.2 Å². The minimum Gasteiger partial charge on any atom is -0.508 e. The first-order valence-electron chi connectivity index (χ1n) is 8.13. The number of carboxylic acids is 1. The third kappa shape index (κ3) is 5.34. The molecule has 1 atom stereocenters. The smallest absolute Gasteiger partial charge is 0.303 e. The van der Waals surface area contributed by atoms with Crippen LogP contribution in [0.15, 0.2) is 24.3 Å². The lowest BCUT2D eigenvalue weighted by molar-refractivity contribution is -0.136. The van der Waals surface area contributed by atoms with Gasteiger partial charge < -0.3 is 15.1 Å². The highest BCUT2D eigenvalue weighted by atomic mass is 16.4. The number of aromatic hydroxyl groups is 1. The average molecular weight is 307 g/mol. The van der Waals surface area contributed by atoms with Gasteiger partial charge in [-0.1, -0.05) is 32.4 Å². The van der Waals surface area contributed by atoms with Gasteiger partial charge in [-0.2, -0.15) is 0 Å². The molecule has 2 rings (SSSR count). The zero-order chi connectivity index (χ0) is 16.6. The molecule has 1 aromatic carbocycles. The van der Waals surface area contributed by atoms with Crippen molar-refractivity contribution in [3.8, 4) is 5.75 Å². The molecule has 0 amide bonds. The standard InChI is InChI=1S/C15H23NO.C3H6O2/c1-3-15(9-4-5-10-16(2)12-15)13-7-6-8-14(17)11-13;1-2-3(4)5/h6-8,11,17H,3-5,9-10,12H2,1-2H3;2H2,1H3,(H,4,5). The molecule has 0 spiro atoms. The number of hydrogen-bond acceptors (Lipinski definition) is 3. The minimum absolute atomic E-state index is 0.222. The molecule has 124 valence electrons. The van der Waals surface area contributed by atoms with E-state index in [1.807, 2.05) is 12.1 Å². The van der Waals surface area contributed by atoms with E-state index in [1.54, 1.807) is 13.0 Å². The number of rotatable bonds is 3. The number of likely N-dealkylation sites (tertiary alicyclic amines) is 1. The fraction of sp³-hybridized carbons (Fsp3) is 0.611. The van der Waals surface area contributed by atoms with Crippen LogP contribution in [0.4, 0.5) is 0 Å². The highest BCUT2D eigenvalue weighted by Gasteiger charge is 2.33. The molecule has 1 aliphatic rings. The Kier molecular flexibility index (Phi) is 7.39. The first kappa shape index (κ1) is 18.5. The van der Waals surface area contributed by atoms with Crippen molar-refractivity contribution < 1.29 is 15.0 Å². The van der Waals surface area contributed by atoms with E-state index in [2.05, 4.69) is 24.9 Å². The molecule has 1 aliphatic heterocycles. The predicted molar refractivity (Wildman–Crippen MR) is 89.4 cm³/mol. The highest BCUT2D eigenvalue weighted by molar-refractivity contribution is 5.66. The number of phenolic OH excluding ortho intramolecular Hbond substituents is 1. The summed E-state index contributed by atoms with van der Waals surface area (Å²) >= 11 is 0. The van der Waals surface area contributed by atoms with Gasteiger partial charge in [0.25, 0.3) is 0 Å². The number of likely N-dealkylation sites (N-methyl/N-ethyl adjacent to an activating group) is 1. The van der Waals surface area contributed by atoms with E-state index >= 15 is 0 Å². The van der Waals surface area contributed by atoms with E-state index < -0.39 is 5.97 Å². The Morgan fingerprint density at radius 1 is 1.32 bits per heavy atom. The van der Waals surface area contributed by atoms with Gasteiger partial charge in [0.1, 0.15) is 5.75 Å². The third-order valence-electron chi connectivity index (χ3n) is 4.46. The Bertz CT molecular complexity index is 475. The summed E-state index contributed by atoms with van der Waals surface area (Å²) in [6, 6.07) is 7.84. The Morgan fingerprint density at radius 2 is 2.00 bits per heavy atom. The van der Waals surface area contributed by atoms with E-state index in [9.17, 15) is 9.90 Å². The summed E-state index contributed by atoms with van der Waals surface area (Å²) in [5.41, 5.74) is 1.53. The molecule has 1 fully saturated rings. The fourth-order valence-corrected chi connectivity index (χ4v) is 3.08. The lowest BCUT2D eigenvalue weighted by atomic mass is 9.74. The van der Waals surface area contributed by atoms with Gasteiger partial charge in [0.05, 0.1) is 0 Å². The van der Waals surface area contributed by atoms with E-state index in [4.69, 9.17) is 5.11 Å². The molecule has 0 aliphatic carbocycles. The molecular formula is C18H29NO3. The first-order chi connectivity index (χ1) is 10.4. The molecule has 0 radical (unpaired) electrons. The molecule has 0 saturated carbocycles. The zero-order valence-electron chi connectivity index (χ0n) is 14.0. The van der Waals surface area contributed by atoms with Crippen molar-refractivity contribution in [3.63, 3.8) is 0 Å². The molecule has 22 heavy (non-hydrogen) atoms. The lowest BCUT2D eigenvalue weighted by Gasteiger charge is -2.35. The summed E-state index contributed by atoms with van der Waals surface area (Å²) in [5.74, 6) is -0.354. The quantitative estimate of drug-likeness (QED) is 0.895. The van der Waals surface area contributed by atoms with Gasteiger partial charge in [-0.15, -0.1) is 0 Å². The largest absolute Gasteiger partial charge is 0.508 e. The van der Waals surface area contributed by atoms with Crippen LogP contribution in [-0.2, 0) is 10.2 Å². The number of carboxylic acid groups (broad SMARTS) is 1. The predicted octanol–water partition coefficient (Wildman–Crippen LogP) is 3.64. The fourth-order valence-electron chi connectivity index (χ4n) is 3.08. The van der Waals surface area contributed by atoms with Crippen LogP contribution in [0.25, 0.3) is 0 Å². The van der Waals surface area contributed by atoms with Crippen molar-refractivity contribution in [2.75, 3.05) is 20.1 Å². The number of benzene rings is 1. The van der Waals surface area contributed by atoms with E-state index in [1.165, 1.54) is 31.4 Å². The summed E-state index contributed by atoms with van der Waals surface area (Å²) in [5, 5.41) is 17.4. The maximum atomic E-state index is 9.68. The first-order valence-corrected chi connectivity index (χ1v) is 8.13. The van der Waals surface area contributed by atoms with E-state index in [0.29, 0.717) is 5.75 Å². The average Bonchev–Trinajstić information content (AvgIpc) is 2.70. The molecule has 1 aromatic rings. The van der Waals surface area contributed by atoms with Gasteiger partial charge in [0.15, 0.2) is 0 Å². The normalized spacial score (nSPS) is 22.3. The molecule has 0 bridgehead atoms. The number of aliphatic carboxylic acids is 1. The molecule has 1 heterocycles. The maximum absolute atomic E-state index is 9.68. The molecule has 1 saturated heterocycles. The molecule has 1 unspecified atom stereocenters. The molecule has 0 aromatic heterocycles. The third-order valence-corrected chi connectivity index (χ3v) is 4.46. The molecule has 2 N–H and O–H groups in total. The summed E-state index contributed by atoms with van der Waals surface area (Å²) < 4.78 is 0. The Labute approximate surface area is 133 Å². The summed E-state index contributed by atoms with van der Waals surface area (Å²) in [6.07, 6.45) is 5.17. The van der Waals surface area contributed by atoms with Crippen LogP contribution >= 0.6 is 0 Å². The van der Waals surface area contributed by atoms with E-state index in [0.717, 1.165) is 13.0 Å². The number of nitrogens with zero attached hydrogens (tertiary/aromatic N) is 1. The van der Waals surface area contributed by atoms with Gasteiger partial charge >= 0.3 is 5.97 Å². The number of carbonyl (C=O) groups is 1. The molecule has 4 nitrogen and oxygen atoms in total. The van der Waals surface area contributed by atoms with Crippen LogP contribution in [0, 0.1) is 0 Å². The van der Waals surface area contributed by atoms with E-state index in [-0.39, 0.29) is 11.8 Å². The monoisotopic (exact) mass is 307 g/mol.